The summed E-state index contributed by atoms with van der Waals surface area (Å²) in [7, 11) is 0. The molecule has 3 aromatic heterocycles. The van der Waals surface area contributed by atoms with E-state index in [1.165, 1.54) is 65.4 Å². The van der Waals surface area contributed by atoms with Crippen molar-refractivity contribution in [2.75, 3.05) is 0 Å². The van der Waals surface area contributed by atoms with E-state index < -0.39 is 0 Å². The Morgan fingerprint density at radius 2 is 1.20 bits per heavy atom. The monoisotopic (exact) mass is 649 g/mol. The predicted molar refractivity (Wildman–Crippen MR) is 215 cm³/mol. The van der Waals surface area contributed by atoms with E-state index in [9.17, 15) is 0 Å². The lowest BCUT2D eigenvalue weighted by Crippen LogP contribution is -1.94. The van der Waals surface area contributed by atoms with Gasteiger partial charge in [-0.2, -0.15) is 0 Å². The van der Waals surface area contributed by atoms with Crippen LogP contribution >= 0.6 is 0 Å². The highest BCUT2D eigenvalue weighted by atomic mass is 15.0. The molecule has 0 radical (unpaired) electrons. The van der Waals surface area contributed by atoms with Crippen molar-refractivity contribution < 1.29 is 0 Å². The molecule has 0 N–H and O–H groups in total. The number of para-hydroxylation sites is 1. The van der Waals surface area contributed by atoms with Crippen LogP contribution in [0.25, 0.3) is 98.8 Å². The van der Waals surface area contributed by atoms with E-state index in [1.807, 2.05) is 0 Å². The van der Waals surface area contributed by atoms with E-state index in [2.05, 4.69) is 168 Å². The third-order valence-electron chi connectivity index (χ3n) is 10.8. The summed E-state index contributed by atoms with van der Waals surface area (Å²) in [5.74, 6) is 0. The molecule has 0 unspecified atom stereocenters. The minimum Gasteiger partial charge on any atom is -0.292 e. The van der Waals surface area contributed by atoms with Crippen molar-refractivity contribution in [1.82, 2.24) is 14.4 Å². The molecule has 3 heterocycles. The predicted octanol–water partition coefficient (Wildman–Crippen LogP) is 12.7. The van der Waals surface area contributed by atoms with Crippen LogP contribution in [0.4, 0.5) is 0 Å². The highest BCUT2D eigenvalue weighted by Gasteiger charge is 2.18. The number of hydrogen-bond donors (Lipinski definition) is 0. The van der Waals surface area contributed by atoms with Gasteiger partial charge < -0.3 is 0 Å². The molecule has 238 valence electrons. The molecule has 51 heavy (non-hydrogen) atoms. The van der Waals surface area contributed by atoms with E-state index >= 15 is 0 Å². The van der Waals surface area contributed by atoms with Gasteiger partial charge in [-0.05, 0) is 80.9 Å². The van der Waals surface area contributed by atoms with Crippen molar-refractivity contribution in [1.29, 1.82) is 0 Å². The molecule has 0 amide bonds. The first-order valence-electron chi connectivity index (χ1n) is 17.7. The van der Waals surface area contributed by atoms with Gasteiger partial charge in [-0.25, -0.2) is 9.97 Å². The number of benzene rings is 7. The third kappa shape index (κ3) is 4.31. The normalized spacial score (nSPS) is 13.4. The van der Waals surface area contributed by atoms with Crippen LogP contribution in [-0.4, -0.2) is 14.4 Å². The zero-order valence-electron chi connectivity index (χ0n) is 27.8. The minimum absolute atomic E-state index is 0.992. The lowest BCUT2D eigenvalue weighted by Gasteiger charge is -2.14. The highest BCUT2D eigenvalue weighted by molar-refractivity contribution is 6.24. The first-order valence-corrected chi connectivity index (χ1v) is 17.7. The number of fused-ring (bicyclic) bond motifs is 13. The van der Waals surface area contributed by atoms with E-state index in [-0.39, 0.29) is 0 Å². The van der Waals surface area contributed by atoms with E-state index in [0.717, 1.165) is 51.8 Å². The molecule has 7 aromatic carbocycles. The smallest absolute Gasteiger partial charge is 0.147 e. The van der Waals surface area contributed by atoms with E-state index in [4.69, 9.17) is 9.97 Å². The summed E-state index contributed by atoms with van der Waals surface area (Å²) in [5.41, 5.74) is 12.3. The van der Waals surface area contributed by atoms with Crippen molar-refractivity contribution in [3.8, 4) is 22.4 Å². The van der Waals surface area contributed by atoms with Gasteiger partial charge in [-0.15, -0.1) is 0 Å². The van der Waals surface area contributed by atoms with Gasteiger partial charge in [0.25, 0.3) is 0 Å². The molecule has 1 aliphatic carbocycles. The Labute approximate surface area is 294 Å². The van der Waals surface area contributed by atoms with Gasteiger partial charge in [0.1, 0.15) is 5.65 Å². The number of pyridine rings is 2. The van der Waals surface area contributed by atoms with Gasteiger partial charge in [0.15, 0.2) is 0 Å². The minimum atomic E-state index is 0.992. The molecule has 0 bridgehead atoms. The van der Waals surface area contributed by atoms with Gasteiger partial charge in [-0.1, -0.05) is 140 Å². The first kappa shape index (κ1) is 28.3. The molecule has 0 spiro atoms. The Balaban J connectivity index is 1.11. The van der Waals surface area contributed by atoms with Crippen molar-refractivity contribution in [2.45, 2.75) is 12.8 Å². The van der Waals surface area contributed by atoms with Crippen molar-refractivity contribution in [2.24, 2.45) is 0 Å². The van der Waals surface area contributed by atoms with E-state index in [0.29, 0.717) is 0 Å². The Hall–Kier alpha value is -6.58. The first-order chi connectivity index (χ1) is 25.3. The molecule has 0 aliphatic heterocycles. The molecule has 3 nitrogen and oxygen atoms in total. The maximum Gasteiger partial charge on any atom is 0.147 e. The van der Waals surface area contributed by atoms with Crippen LogP contribution in [0.3, 0.4) is 0 Å². The number of rotatable bonds is 3. The highest BCUT2D eigenvalue weighted by Crippen LogP contribution is 2.40. The van der Waals surface area contributed by atoms with Gasteiger partial charge >= 0.3 is 0 Å². The molecular weight excluding hydrogens is 619 g/mol. The molecule has 1 aliphatic rings. The maximum atomic E-state index is 5.43. The lowest BCUT2D eigenvalue weighted by atomic mass is 9.94. The third-order valence-corrected chi connectivity index (χ3v) is 10.8. The van der Waals surface area contributed by atoms with Crippen molar-refractivity contribution in [3.05, 3.63) is 169 Å². The van der Waals surface area contributed by atoms with Crippen LogP contribution in [0.15, 0.2) is 164 Å². The number of nitrogens with zero attached hydrogens (tertiary/aromatic N) is 3. The van der Waals surface area contributed by atoms with E-state index in [1.54, 1.807) is 0 Å². The Morgan fingerprint density at radius 1 is 0.490 bits per heavy atom. The van der Waals surface area contributed by atoms with Gasteiger partial charge in [0.05, 0.1) is 27.8 Å². The van der Waals surface area contributed by atoms with Gasteiger partial charge in [0, 0.05) is 27.1 Å². The summed E-state index contributed by atoms with van der Waals surface area (Å²) in [6.07, 6.45) is 9.05. The quantitative estimate of drug-likeness (QED) is 0.178. The zero-order chi connectivity index (χ0) is 33.5. The number of hydrogen-bond acceptors (Lipinski definition) is 2. The van der Waals surface area contributed by atoms with Crippen LogP contribution in [0.5, 0.6) is 0 Å². The largest absolute Gasteiger partial charge is 0.292 e. The van der Waals surface area contributed by atoms with Crippen LogP contribution in [0.2, 0.25) is 0 Å². The molecule has 0 atom stereocenters. The van der Waals surface area contributed by atoms with Crippen LogP contribution in [0.1, 0.15) is 18.4 Å². The Kier molecular flexibility index (Phi) is 6.08. The summed E-state index contributed by atoms with van der Waals surface area (Å²) in [6, 6.07) is 52.7. The molecular formula is C48H31N3. The average molecular weight is 650 g/mol. The summed E-state index contributed by atoms with van der Waals surface area (Å²) >= 11 is 0. The summed E-state index contributed by atoms with van der Waals surface area (Å²) < 4.78 is 2.39. The van der Waals surface area contributed by atoms with Crippen molar-refractivity contribution in [3.63, 3.8) is 0 Å². The van der Waals surface area contributed by atoms with Crippen LogP contribution < -0.4 is 0 Å². The summed E-state index contributed by atoms with van der Waals surface area (Å²) in [5, 5.41) is 9.65. The second-order valence-corrected chi connectivity index (χ2v) is 13.7. The maximum absolute atomic E-state index is 5.43. The standard InChI is InChI=1S/C48H31N3/c1-2-10-31(11-3-1)41-29-43(49-42-17-9-8-16-38(41)42)34-20-18-30(19-21-34)35-23-25-39-40-26-22-32-12-4-6-14-36(32)46(40)48-50-47-37-15-7-5-13-33(37)24-27-44(47)51(48)45(39)28-35/h2,4-29H,1,3H2. The Morgan fingerprint density at radius 3 is 2.04 bits per heavy atom. The number of aromatic nitrogens is 3. The Bertz CT molecular complexity index is 3120. The average Bonchev–Trinajstić information content (AvgIpc) is 3.61. The summed E-state index contributed by atoms with van der Waals surface area (Å²) in [6.45, 7) is 0. The SMILES string of the molecule is C1=CC(c2cc(-c3ccc(-c4ccc5c6ccc7ccccc7c6c6nc7c8ccccc8ccc7n6c5c4)cc3)nc3ccccc23)=CCC1. The van der Waals surface area contributed by atoms with Gasteiger partial charge in [0.2, 0.25) is 0 Å². The molecule has 3 heteroatoms. The van der Waals surface area contributed by atoms with Crippen molar-refractivity contribution >= 4 is 76.4 Å². The molecule has 0 fully saturated rings. The fourth-order valence-electron chi connectivity index (χ4n) is 8.29. The zero-order valence-corrected chi connectivity index (χ0v) is 27.8. The molecule has 10 aromatic rings. The second kappa shape index (κ2) is 11.0. The van der Waals surface area contributed by atoms with Crippen LogP contribution in [0, 0.1) is 0 Å². The summed E-state index contributed by atoms with van der Waals surface area (Å²) in [4.78, 5) is 10.5. The topological polar surface area (TPSA) is 30.2 Å². The number of imidazole rings is 1. The molecule has 0 saturated carbocycles. The molecule has 0 saturated heterocycles. The molecule has 11 rings (SSSR count). The fraction of sp³-hybridized carbons (Fsp3) is 0.0417. The number of allylic oxidation sites excluding steroid dienone is 4. The lowest BCUT2D eigenvalue weighted by molar-refractivity contribution is 1.04. The van der Waals surface area contributed by atoms with Gasteiger partial charge in [-0.3, -0.25) is 4.40 Å². The van der Waals surface area contributed by atoms with Crippen LogP contribution in [-0.2, 0) is 0 Å². The fourth-order valence-corrected chi connectivity index (χ4v) is 8.29. The second-order valence-electron chi connectivity index (χ2n) is 13.7.